The van der Waals surface area contributed by atoms with Gasteiger partial charge in [0.15, 0.2) is 0 Å². The Hall–Kier alpha value is -1.66. The van der Waals surface area contributed by atoms with E-state index in [0.29, 0.717) is 18.3 Å². The summed E-state index contributed by atoms with van der Waals surface area (Å²) < 4.78 is 0. The van der Waals surface area contributed by atoms with Crippen LogP contribution in [0.3, 0.4) is 0 Å². The summed E-state index contributed by atoms with van der Waals surface area (Å²) in [5, 5.41) is 11.0. The summed E-state index contributed by atoms with van der Waals surface area (Å²) in [6.07, 6.45) is 2.21. The van der Waals surface area contributed by atoms with Crippen LogP contribution >= 0.6 is 0 Å². The number of nitrogens with one attached hydrogen (secondary N) is 1. The second-order valence-corrected chi connectivity index (χ2v) is 4.77. The Balaban J connectivity index is 2.95. The lowest BCUT2D eigenvalue weighted by atomic mass is 10.1. The molecule has 1 aromatic rings. The summed E-state index contributed by atoms with van der Waals surface area (Å²) >= 11 is 0. The van der Waals surface area contributed by atoms with Crippen LogP contribution in [0.4, 0.5) is 11.4 Å². The van der Waals surface area contributed by atoms with Crippen molar-refractivity contribution in [3.8, 4) is 0 Å². The minimum Gasteiger partial charge on any atom is -0.318 e. The zero-order chi connectivity index (χ0) is 14.4. The number of nitrogens with two attached hydrogens (primary N) is 1. The van der Waals surface area contributed by atoms with E-state index in [4.69, 9.17) is 5.84 Å². The van der Waals surface area contributed by atoms with E-state index in [-0.39, 0.29) is 5.69 Å². The van der Waals surface area contributed by atoms with Crippen LogP contribution in [0.1, 0.15) is 32.3 Å². The van der Waals surface area contributed by atoms with Crippen molar-refractivity contribution in [3.63, 3.8) is 0 Å². The molecule has 0 bridgehead atoms. The summed E-state index contributed by atoms with van der Waals surface area (Å²) in [6, 6.07) is 5.42. The Morgan fingerprint density at radius 3 is 2.74 bits per heavy atom. The molecule has 0 aromatic heterocycles. The predicted molar refractivity (Wildman–Crippen MR) is 76.7 cm³/mol. The predicted octanol–water partition coefficient (Wildman–Crippen LogP) is 2.50. The molecule has 19 heavy (non-hydrogen) atoms. The number of nitrogen functional groups attached to an aromatic ring is 1. The molecule has 0 spiro atoms. The van der Waals surface area contributed by atoms with E-state index < -0.39 is 4.92 Å². The zero-order valence-electron chi connectivity index (χ0n) is 11.7. The second-order valence-electron chi connectivity index (χ2n) is 4.77. The van der Waals surface area contributed by atoms with Gasteiger partial charge in [0, 0.05) is 18.7 Å². The minimum atomic E-state index is -0.422. The molecule has 0 aliphatic rings. The van der Waals surface area contributed by atoms with Gasteiger partial charge in [-0.2, -0.15) is 0 Å². The van der Waals surface area contributed by atoms with Gasteiger partial charge in [-0.05, 0) is 26.0 Å². The van der Waals surface area contributed by atoms with Gasteiger partial charge in [0.2, 0.25) is 0 Å². The first-order valence-electron chi connectivity index (χ1n) is 6.44. The monoisotopic (exact) mass is 266 g/mol. The fraction of sp³-hybridized carbons (Fsp3) is 0.538. The maximum Gasteiger partial charge on any atom is 0.293 e. The lowest BCUT2D eigenvalue weighted by Crippen LogP contribution is -2.29. The van der Waals surface area contributed by atoms with Crippen molar-refractivity contribution in [1.82, 2.24) is 4.90 Å². The molecule has 1 rings (SSSR count). The molecule has 106 valence electrons. The van der Waals surface area contributed by atoms with Crippen molar-refractivity contribution in [2.24, 2.45) is 5.84 Å². The summed E-state index contributed by atoms with van der Waals surface area (Å²) in [7, 11) is 2.01. The number of benzene rings is 1. The number of hydrogen-bond donors (Lipinski definition) is 2. The van der Waals surface area contributed by atoms with Crippen LogP contribution in [0.25, 0.3) is 0 Å². The molecule has 0 saturated carbocycles. The first-order valence-corrected chi connectivity index (χ1v) is 6.44. The first kappa shape index (κ1) is 15.4. The van der Waals surface area contributed by atoms with E-state index in [1.807, 2.05) is 13.1 Å². The lowest BCUT2D eigenvalue weighted by molar-refractivity contribution is -0.384. The van der Waals surface area contributed by atoms with E-state index in [1.54, 1.807) is 6.07 Å². The van der Waals surface area contributed by atoms with Crippen LogP contribution in [0.2, 0.25) is 0 Å². The Morgan fingerprint density at radius 1 is 1.53 bits per heavy atom. The van der Waals surface area contributed by atoms with Crippen LogP contribution in [0, 0.1) is 10.1 Å². The Morgan fingerprint density at radius 2 is 2.21 bits per heavy atom. The summed E-state index contributed by atoms with van der Waals surface area (Å²) in [6.45, 7) is 4.92. The molecule has 0 aliphatic heterocycles. The molecule has 0 saturated heterocycles. The smallest absolute Gasteiger partial charge is 0.293 e. The molecule has 1 unspecified atom stereocenters. The molecule has 0 fully saturated rings. The zero-order valence-corrected chi connectivity index (χ0v) is 11.7. The van der Waals surface area contributed by atoms with Gasteiger partial charge < -0.3 is 5.43 Å². The van der Waals surface area contributed by atoms with Gasteiger partial charge in [-0.1, -0.05) is 25.5 Å². The van der Waals surface area contributed by atoms with Crippen LogP contribution in [-0.4, -0.2) is 22.9 Å². The number of anilines is 1. The van der Waals surface area contributed by atoms with Gasteiger partial charge in [0.25, 0.3) is 5.69 Å². The highest BCUT2D eigenvalue weighted by Crippen LogP contribution is 2.28. The average Bonchev–Trinajstić information content (AvgIpc) is 2.38. The van der Waals surface area contributed by atoms with Gasteiger partial charge in [-0.15, -0.1) is 0 Å². The molecule has 6 nitrogen and oxygen atoms in total. The molecule has 0 radical (unpaired) electrons. The molecule has 3 N–H and O–H groups in total. The fourth-order valence-electron chi connectivity index (χ4n) is 2.10. The van der Waals surface area contributed by atoms with Gasteiger partial charge >= 0.3 is 0 Å². The van der Waals surface area contributed by atoms with Crippen LogP contribution in [-0.2, 0) is 6.54 Å². The number of para-hydroxylation sites is 1. The Kier molecular flexibility index (Phi) is 5.72. The van der Waals surface area contributed by atoms with Gasteiger partial charge in [-0.25, -0.2) is 0 Å². The van der Waals surface area contributed by atoms with Crippen molar-refractivity contribution in [1.29, 1.82) is 0 Å². The molecule has 0 heterocycles. The minimum absolute atomic E-state index is 0.0107. The number of hydrogen-bond acceptors (Lipinski definition) is 5. The molecular weight excluding hydrogens is 244 g/mol. The van der Waals surface area contributed by atoms with E-state index in [0.717, 1.165) is 18.4 Å². The lowest BCUT2D eigenvalue weighted by Gasteiger charge is -2.25. The number of nitro benzene ring substituents is 1. The largest absolute Gasteiger partial charge is 0.318 e. The van der Waals surface area contributed by atoms with Crippen molar-refractivity contribution < 1.29 is 4.92 Å². The van der Waals surface area contributed by atoms with E-state index in [1.165, 1.54) is 6.07 Å². The normalized spacial score (nSPS) is 12.5. The summed E-state index contributed by atoms with van der Waals surface area (Å²) in [4.78, 5) is 12.7. The number of nitro groups is 1. The second kappa shape index (κ2) is 7.06. The first-order chi connectivity index (χ1) is 9.01. The SMILES string of the molecule is CCCC(C)N(C)Cc1cccc([N+](=O)[O-])c1NN. The standard InChI is InChI=1S/C13H22N4O2/c1-4-6-10(2)16(3)9-11-7-5-8-12(17(18)19)13(11)15-14/h5,7-8,10,15H,4,6,9,14H2,1-3H3. The van der Waals surface area contributed by atoms with Gasteiger partial charge in [0.1, 0.15) is 5.69 Å². The van der Waals surface area contributed by atoms with Crippen LogP contribution in [0.15, 0.2) is 18.2 Å². The molecule has 1 atom stereocenters. The Labute approximate surface area is 113 Å². The average molecular weight is 266 g/mol. The highest BCUT2D eigenvalue weighted by molar-refractivity contribution is 5.65. The van der Waals surface area contributed by atoms with Crippen molar-refractivity contribution in [2.45, 2.75) is 39.3 Å². The third-order valence-electron chi connectivity index (χ3n) is 3.35. The van der Waals surface area contributed by atoms with E-state index in [2.05, 4.69) is 24.2 Å². The quantitative estimate of drug-likeness (QED) is 0.450. The maximum atomic E-state index is 11.0. The van der Waals surface area contributed by atoms with Gasteiger partial charge in [-0.3, -0.25) is 20.9 Å². The van der Waals surface area contributed by atoms with E-state index >= 15 is 0 Å². The van der Waals surface area contributed by atoms with E-state index in [9.17, 15) is 10.1 Å². The Bertz CT molecular complexity index is 437. The van der Waals surface area contributed by atoms with Crippen molar-refractivity contribution >= 4 is 11.4 Å². The number of hydrazine groups is 1. The number of nitrogens with zero attached hydrogens (tertiary/aromatic N) is 2. The third kappa shape index (κ3) is 3.90. The summed E-state index contributed by atoms with van der Waals surface area (Å²) in [5.74, 6) is 5.43. The molecule has 0 amide bonds. The third-order valence-corrected chi connectivity index (χ3v) is 3.35. The summed E-state index contributed by atoms with van der Waals surface area (Å²) in [5.41, 5.74) is 3.69. The van der Waals surface area contributed by atoms with Crippen molar-refractivity contribution in [2.75, 3.05) is 12.5 Å². The molecule has 0 aliphatic carbocycles. The molecular formula is C13H22N4O2. The van der Waals surface area contributed by atoms with Gasteiger partial charge in [0.05, 0.1) is 4.92 Å². The van der Waals surface area contributed by atoms with Crippen LogP contribution in [0.5, 0.6) is 0 Å². The molecule has 1 aromatic carbocycles. The van der Waals surface area contributed by atoms with Crippen LogP contribution < -0.4 is 11.3 Å². The fourth-order valence-corrected chi connectivity index (χ4v) is 2.10. The van der Waals surface area contributed by atoms with Crippen molar-refractivity contribution in [3.05, 3.63) is 33.9 Å². The maximum absolute atomic E-state index is 11.0. The topological polar surface area (TPSA) is 84.4 Å². The molecule has 6 heteroatoms. The number of rotatable bonds is 7. The highest BCUT2D eigenvalue weighted by atomic mass is 16.6. The highest BCUT2D eigenvalue weighted by Gasteiger charge is 2.18.